The van der Waals surface area contributed by atoms with E-state index in [4.69, 9.17) is 16.3 Å². The number of ketones is 2. The third-order valence-corrected chi connectivity index (χ3v) is 10.0. The first kappa shape index (κ1) is 23.6. The average molecular weight is 471 g/mol. The Morgan fingerprint density at radius 3 is 2.56 bits per heavy atom. The standard InChI is InChI=1S/C24H29ClF2O5/c1-12-9-16-14-5-6-15-20(27)17(29)7-8-21(15,3)23(14,25)18(30)10-22(16,4)24(12,19(31)11-26)32-13(2)28/h7-8,12,14,16,18,30H,5-6,9-11H2,1-4H3/t12?,14-,16-,18?,21-,22-,23-,24-/m0/s1. The zero-order valence-electron chi connectivity index (χ0n) is 18.7. The van der Waals surface area contributed by atoms with Crippen molar-refractivity contribution in [3.05, 3.63) is 23.6 Å². The smallest absolute Gasteiger partial charge is 0.303 e. The predicted molar refractivity (Wildman–Crippen MR) is 113 cm³/mol. The van der Waals surface area contributed by atoms with Crippen molar-refractivity contribution in [3.63, 3.8) is 0 Å². The number of hydrogen-bond donors (Lipinski definition) is 1. The highest BCUT2D eigenvalue weighted by atomic mass is 35.5. The van der Waals surface area contributed by atoms with Crippen LogP contribution in [0.4, 0.5) is 8.78 Å². The van der Waals surface area contributed by atoms with Crippen molar-refractivity contribution >= 4 is 29.1 Å². The lowest BCUT2D eigenvalue weighted by Gasteiger charge is -2.64. The summed E-state index contributed by atoms with van der Waals surface area (Å²) in [4.78, 5) is 35.7. The van der Waals surface area contributed by atoms with E-state index in [0.29, 0.717) is 12.8 Å². The lowest BCUT2D eigenvalue weighted by atomic mass is 9.45. The van der Waals surface area contributed by atoms with E-state index in [2.05, 4.69) is 0 Å². The third kappa shape index (κ3) is 2.55. The van der Waals surface area contributed by atoms with E-state index < -0.39 is 63.4 Å². The molecule has 8 atom stereocenters. The number of alkyl halides is 2. The summed E-state index contributed by atoms with van der Waals surface area (Å²) in [6, 6.07) is 0. The van der Waals surface area contributed by atoms with Gasteiger partial charge >= 0.3 is 5.97 Å². The molecule has 3 saturated carbocycles. The molecule has 0 bridgehead atoms. The van der Waals surface area contributed by atoms with E-state index >= 15 is 0 Å². The Bertz CT molecular complexity index is 962. The molecule has 5 nitrogen and oxygen atoms in total. The van der Waals surface area contributed by atoms with Gasteiger partial charge in [0.05, 0.1) is 11.0 Å². The van der Waals surface area contributed by atoms with Gasteiger partial charge in [-0.15, -0.1) is 11.6 Å². The van der Waals surface area contributed by atoms with Crippen molar-refractivity contribution in [1.29, 1.82) is 0 Å². The van der Waals surface area contributed by atoms with Gasteiger partial charge in [-0.25, -0.2) is 8.78 Å². The Morgan fingerprint density at radius 1 is 1.31 bits per heavy atom. The number of halogens is 3. The van der Waals surface area contributed by atoms with E-state index in [9.17, 15) is 28.3 Å². The minimum Gasteiger partial charge on any atom is -0.450 e. The van der Waals surface area contributed by atoms with Crippen LogP contribution >= 0.6 is 11.6 Å². The molecule has 8 heteroatoms. The molecule has 0 aromatic carbocycles. The van der Waals surface area contributed by atoms with Crippen LogP contribution in [-0.2, 0) is 19.1 Å². The first-order chi connectivity index (χ1) is 14.8. The molecular formula is C24H29ClF2O5. The van der Waals surface area contributed by atoms with Crippen molar-refractivity contribution in [1.82, 2.24) is 0 Å². The van der Waals surface area contributed by atoms with E-state index in [1.165, 1.54) is 13.0 Å². The average Bonchev–Trinajstić information content (AvgIpc) is 2.93. The van der Waals surface area contributed by atoms with E-state index in [0.717, 1.165) is 0 Å². The molecule has 4 aliphatic carbocycles. The second-order valence-corrected chi connectivity index (χ2v) is 11.0. The number of carbonyl (C=O) groups is 3. The Morgan fingerprint density at radius 2 is 1.97 bits per heavy atom. The van der Waals surface area contributed by atoms with E-state index in [1.54, 1.807) is 26.8 Å². The van der Waals surface area contributed by atoms with Crippen LogP contribution in [0.3, 0.4) is 0 Å². The van der Waals surface area contributed by atoms with Crippen LogP contribution in [-0.4, -0.2) is 45.9 Å². The van der Waals surface area contributed by atoms with Gasteiger partial charge in [-0.1, -0.05) is 26.8 Å². The van der Waals surface area contributed by atoms with Gasteiger partial charge in [0.15, 0.2) is 18.1 Å². The third-order valence-electron chi connectivity index (χ3n) is 9.11. The fraction of sp³-hybridized carbons (Fsp3) is 0.708. The number of fused-ring (bicyclic) bond motifs is 5. The van der Waals surface area contributed by atoms with Crippen LogP contribution in [0.1, 0.15) is 53.4 Å². The molecule has 0 aliphatic heterocycles. The summed E-state index contributed by atoms with van der Waals surface area (Å²) in [5.41, 5.74) is -3.57. The SMILES string of the molecule is CC(=O)O[C@]1(C(=O)CF)C(C)C[C@H]2[C@@H]3CCC4=C(F)C(=O)C=C[C@]4(C)[C@@]3(Cl)C(O)C[C@@]21C. The summed E-state index contributed by atoms with van der Waals surface area (Å²) in [5, 5.41) is 11.5. The molecular weight excluding hydrogens is 442 g/mol. The van der Waals surface area contributed by atoms with Crippen LogP contribution in [0.5, 0.6) is 0 Å². The first-order valence-corrected chi connectivity index (χ1v) is 11.5. The molecule has 2 unspecified atom stereocenters. The number of ether oxygens (including phenoxy) is 1. The zero-order chi connectivity index (χ0) is 23.9. The molecule has 0 aromatic heterocycles. The summed E-state index contributed by atoms with van der Waals surface area (Å²) in [6.45, 7) is 5.17. The van der Waals surface area contributed by atoms with Crippen LogP contribution in [0.2, 0.25) is 0 Å². The molecule has 0 heterocycles. The number of hydrogen-bond acceptors (Lipinski definition) is 5. The molecule has 0 saturated heterocycles. The Hall–Kier alpha value is -1.60. The molecule has 0 aromatic rings. The van der Waals surface area contributed by atoms with Gasteiger partial charge in [0.1, 0.15) is 0 Å². The van der Waals surface area contributed by atoms with E-state index in [-0.39, 0.29) is 30.3 Å². The maximum Gasteiger partial charge on any atom is 0.303 e. The van der Waals surface area contributed by atoms with Gasteiger partial charge in [0, 0.05) is 23.7 Å². The van der Waals surface area contributed by atoms with Crippen molar-refractivity contribution in [2.45, 2.75) is 70.0 Å². The van der Waals surface area contributed by atoms with Crippen molar-refractivity contribution in [2.24, 2.45) is 28.6 Å². The largest absolute Gasteiger partial charge is 0.450 e. The number of rotatable bonds is 3. The number of Topliss-reactive ketones (excluding diaryl/α,β-unsaturated/α-hetero) is 1. The molecule has 3 fully saturated rings. The molecule has 4 rings (SSSR count). The van der Waals surface area contributed by atoms with Crippen LogP contribution in [0.25, 0.3) is 0 Å². The number of aliphatic hydroxyl groups is 1. The van der Waals surface area contributed by atoms with Gasteiger partial charge in [-0.2, -0.15) is 0 Å². The van der Waals surface area contributed by atoms with Gasteiger partial charge in [0.2, 0.25) is 11.6 Å². The summed E-state index contributed by atoms with van der Waals surface area (Å²) in [6.07, 6.45) is 2.64. The number of aliphatic hydroxyl groups excluding tert-OH is 1. The van der Waals surface area contributed by atoms with Gasteiger partial charge in [0.25, 0.3) is 0 Å². The summed E-state index contributed by atoms with van der Waals surface area (Å²) >= 11 is 7.26. The molecule has 32 heavy (non-hydrogen) atoms. The minimum atomic E-state index is -1.71. The minimum absolute atomic E-state index is 0.0205. The van der Waals surface area contributed by atoms with Crippen molar-refractivity contribution in [2.75, 3.05) is 6.67 Å². The lowest BCUT2D eigenvalue weighted by molar-refractivity contribution is -0.200. The van der Waals surface area contributed by atoms with Gasteiger partial charge in [-0.3, -0.25) is 14.4 Å². The Balaban J connectivity index is 1.88. The summed E-state index contributed by atoms with van der Waals surface area (Å²) in [7, 11) is 0. The fourth-order valence-corrected chi connectivity index (χ4v) is 8.32. The van der Waals surface area contributed by atoms with Crippen molar-refractivity contribution in [3.8, 4) is 0 Å². The number of esters is 1. The lowest BCUT2D eigenvalue weighted by Crippen LogP contribution is -2.69. The second kappa shape index (κ2) is 7.20. The molecule has 1 N–H and O–H groups in total. The molecule has 176 valence electrons. The monoisotopic (exact) mass is 470 g/mol. The van der Waals surface area contributed by atoms with Gasteiger partial charge < -0.3 is 9.84 Å². The molecule has 0 amide bonds. The normalized spacial score (nSPS) is 47.6. The molecule has 4 aliphatic rings. The quantitative estimate of drug-likeness (QED) is 0.498. The van der Waals surface area contributed by atoms with Crippen LogP contribution < -0.4 is 0 Å². The van der Waals surface area contributed by atoms with Crippen LogP contribution in [0.15, 0.2) is 23.6 Å². The predicted octanol–water partition coefficient (Wildman–Crippen LogP) is 4.01. The first-order valence-electron chi connectivity index (χ1n) is 11.1. The highest BCUT2D eigenvalue weighted by molar-refractivity contribution is 6.26. The van der Waals surface area contributed by atoms with Crippen LogP contribution in [0, 0.1) is 28.6 Å². The topological polar surface area (TPSA) is 80.7 Å². The highest BCUT2D eigenvalue weighted by Gasteiger charge is 2.76. The number of carbonyl (C=O) groups excluding carboxylic acids is 3. The maximum absolute atomic E-state index is 14.8. The van der Waals surface area contributed by atoms with E-state index in [1.807, 2.05) is 0 Å². The molecule has 0 radical (unpaired) electrons. The second-order valence-electron chi connectivity index (χ2n) is 10.4. The van der Waals surface area contributed by atoms with Gasteiger partial charge in [-0.05, 0) is 49.2 Å². The number of allylic oxidation sites excluding steroid dienone is 4. The Kier molecular flexibility index (Phi) is 5.30. The fourth-order valence-electron chi connectivity index (χ4n) is 7.80. The summed E-state index contributed by atoms with van der Waals surface area (Å²) < 4.78 is 34.3. The highest BCUT2D eigenvalue weighted by Crippen LogP contribution is 2.72. The Labute approximate surface area is 191 Å². The van der Waals surface area contributed by atoms with Crippen molar-refractivity contribution < 1.29 is 33.0 Å². The zero-order valence-corrected chi connectivity index (χ0v) is 19.5. The maximum atomic E-state index is 14.8. The summed E-state index contributed by atoms with van der Waals surface area (Å²) in [5.74, 6) is -4.16. The molecule has 0 spiro atoms.